The number of benzene rings is 2. The van der Waals surface area contributed by atoms with Crippen molar-refractivity contribution in [3.8, 4) is 17.1 Å². The summed E-state index contributed by atoms with van der Waals surface area (Å²) in [5, 5.41) is 6.86. The number of halogens is 2. The van der Waals surface area contributed by atoms with Crippen LogP contribution in [-0.4, -0.2) is 14.8 Å². The molecule has 0 saturated heterocycles. The molecular formula is C14H9BrFN3S. The molecule has 0 bridgehead atoms. The molecule has 1 aromatic heterocycles. The highest BCUT2D eigenvalue weighted by atomic mass is 79.9. The third-order valence-electron chi connectivity index (χ3n) is 2.86. The van der Waals surface area contributed by atoms with Crippen LogP contribution in [0.25, 0.3) is 17.1 Å². The van der Waals surface area contributed by atoms with Gasteiger partial charge in [0.15, 0.2) is 10.6 Å². The quantitative estimate of drug-likeness (QED) is 0.691. The highest BCUT2D eigenvalue weighted by Gasteiger charge is 2.14. The van der Waals surface area contributed by atoms with Crippen molar-refractivity contribution in [2.45, 2.75) is 0 Å². The lowest BCUT2D eigenvalue weighted by Crippen LogP contribution is -1.99. The summed E-state index contributed by atoms with van der Waals surface area (Å²) in [6, 6.07) is 14.2. The molecule has 0 spiro atoms. The Morgan fingerprint density at radius 2 is 1.90 bits per heavy atom. The first-order valence-corrected chi connectivity index (χ1v) is 7.05. The van der Waals surface area contributed by atoms with E-state index in [0.717, 1.165) is 10.2 Å². The van der Waals surface area contributed by atoms with Gasteiger partial charge >= 0.3 is 0 Å². The Morgan fingerprint density at radius 1 is 1.15 bits per heavy atom. The molecule has 1 heterocycles. The average molecular weight is 350 g/mol. The summed E-state index contributed by atoms with van der Waals surface area (Å²) in [7, 11) is 0. The standard InChI is InChI=1S/C14H9BrFN3S/c15-9-6-7-12(16)11(8-9)13-17-18-14(20)19(13)10-4-2-1-3-5-10/h1-8H,(H,18,20). The van der Waals surface area contributed by atoms with Crippen molar-refractivity contribution in [3.63, 3.8) is 0 Å². The molecule has 100 valence electrons. The van der Waals surface area contributed by atoms with Crippen LogP contribution in [0.3, 0.4) is 0 Å². The zero-order valence-corrected chi connectivity index (χ0v) is 12.6. The molecule has 0 amide bonds. The summed E-state index contributed by atoms with van der Waals surface area (Å²) < 4.78 is 16.9. The first kappa shape index (κ1) is 13.2. The minimum atomic E-state index is -0.348. The number of H-pyrrole nitrogens is 1. The topological polar surface area (TPSA) is 33.6 Å². The smallest absolute Gasteiger partial charge is 0.200 e. The molecule has 0 unspecified atom stereocenters. The van der Waals surface area contributed by atoms with E-state index in [2.05, 4.69) is 26.1 Å². The Morgan fingerprint density at radius 3 is 2.65 bits per heavy atom. The van der Waals surface area contributed by atoms with Crippen molar-refractivity contribution in [2.24, 2.45) is 0 Å². The van der Waals surface area contributed by atoms with Crippen LogP contribution in [0.2, 0.25) is 0 Å². The van der Waals surface area contributed by atoms with E-state index in [0.29, 0.717) is 16.2 Å². The van der Waals surface area contributed by atoms with Gasteiger partial charge in [0.25, 0.3) is 0 Å². The van der Waals surface area contributed by atoms with Crippen molar-refractivity contribution >= 4 is 28.1 Å². The van der Waals surface area contributed by atoms with Crippen LogP contribution < -0.4 is 0 Å². The second-order valence-electron chi connectivity index (χ2n) is 4.15. The summed E-state index contributed by atoms with van der Waals surface area (Å²) in [5.74, 6) is 0.0966. The number of para-hydroxylation sites is 1. The average Bonchev–Trinajstić information content (AvgIpc) is 2.84. The van der Waals surface area contributed by atoms with Gasteiger partial charge in [-0.25, -0.2) is 4.39 Å². The van der Waals surface area contributed by atoms with Crippen LogP contribution in [0, 0.1) is 10.6 Å². The highest BCUT2D eigenvalue weighted by molar-refractivity contribution is 9.10. The van der Waals surface area contributed by atoms with Crippen molar-refractivity contribution in [3.05, 3.63) is 63.6 Å². The molecule has 0 atom stereocenters. The molecule has 3 rings (SSSR count). The van der Waals surface area contributed by atoms with Crippen LogP contribution in [0.5, 0.6) is 0 Å². The highest BCUT2D eigenvalue weighted by Crippen LogP contribution is 2.26. The number of nitrogens with zero attached hydrogens (tertiary/aromatic N) is 2. The van der Waals surface area contributed by atoms with Gasteiger partial charge in [-0.15, -0.1) is 0 Å². The summed E-state index contributed by atoms with van der Waals surface area (Å²) in [5.41, 5.74) is 1.22. The van der Waals surface area contributed by atoms with Crippen molar-refractivity contribution in [1.82, 2.24) is 14.8 Å². The Labute approximate surface area is 128 Å². The molecule has 1 N–H and O–H groups in total. The molecule has 6 heteroatoms. The van der Waals surface area contributed by atoms with E-state index in [1.807, 2.05) is 30.3 Å². The first-order chi connectivity index (χ1) is 9.66. The fourth-order valence-corrected chi connectivity index (χ4v) is 2.56. The fourth-order valence-electron chi connectivity index (χ4n) is 1.96. The molecule has 0 aliphatic heterocycles. The van der Waals surface area contributed by atoms with Gasteiger partial charge in [-0.3, -0.25) is 9.67 Å². The minimum absolute atomic E-state index is 0.348. The van der Waals surface area contributed by atoms with Gasteiger partial charge < -0.3 is 0 Å². The fraction of sp³-hybridized carbons (Fsp3) is 0. The van der Waals surface area contributed by atoms with E-state index in [9.17, 15) is 4.39 Å². The molecule has 3 nitrogen and oxygen atoms in total. The predicted octanol–water partition coefficient (Wildman–Crippen LogP) is 4.50. The Kier molecular flexibility index (Phi) is 3.50. The number of aromatic amines is 1. The number of nitrogens with one attached hydrogen (secondary N) is 1. The number of aromatic nitrogens is 3. The van der Waals surface area contributed by atoms with E-state index >= 15 is 0 Å². The summed E-state index contributed by atoms with van der Waals surface area (Å²) in [6.45, 7) is 0. The number of hydrogen-bond donors (Lipinski definition) is 1. The van der Waals surface area contributed by atoms with Gasteiger partial charge in [-0.05, 0) is 42.5 Å². The minimum Gasteiger partial charge on any atom is -0.268 e. The predicted molar refractivity (Wildman–Crippen MR) is 81.8 cm³/mol. The second kappa shape index (κ2) is 5.30. The van der Waals surface area contributed by atoms with E-state index in [4.69, 9.17) is 12.2 Å². The molecule has 2 aromatic carbocycles. The van der Waals surface area contributed by atoms with Gasteiger partial charge in [-0.1, -0.05) is 34.1 Å². The lowest BCUT2D eigenvalue weighted by molar-refractivity contribution is 0.629. The van der Waals surface area contributed by atoms with Crippen LogP contribution in [0.15, 0.2) is 53.0 Å². The first-order valence-electron chi connectivity index (χ1n) is 5.85. The summed E-state index contributed by atoms with van der Waals surface area (Å²) >= 11 is 8.58. The van der Waals surface area contributed by atoms with E-state index in [1.165, 1.54) is 6.07 Å². The Bertz CT molecular complexity index is 811. The van der Waals surface area contributed by atoms with Gasteiger partial charge in [0, 0.05) is 10.2 Å². The maximum absolute atomic E-state index is 14.0. The lowest BCUT2D eigenvalue weighted by atomic mass is 10.2. The molecule has 20 heavy (non-hydrogen) atoms. The number of rotatable bonds is 2. The number of hydrogen-bond acceptors (Lipinski definition) is 2. The van der Waals surface area contributed by atoms with E-state index in [-0.39, 0.29) is 5.82 Å². The van der Waals surface area contributed by atoms with Gasteiger partial charge in [0.1, 0.15) is 5.82 Å². The Balaban J connectivity index is 2.27. The normalized spacial score (nSPS) is 10.7. The molecule has 0 saturated carbocycles. The third kappa shape index (κ3) is 2.32. The Hall–Kier alpha value is -1.79. The van der Waals surface area contributed by atoms with Crippen molar-refractivity contribution < 1.29 is 4.39 Å². The largest absolute Gasteiger partial charge is 0.268 e. The van der Waals surface area contributed by atoms with Gasteiger partial charge in [-0.2, -0.15) is 5.10 Å². The SMILES string of the molecule is Fc1ccc(Br)cc1-c1n[nH]c(=S)n1-c1ccccc1. The van der Waals surface area contributed by atoms with E-state index in [1.54, 1.807) is 16.7 Å². The third-order valence-corrected chi connectivity index (χ3v) is 3.62. The summed E-state index contributed by atoms with van der Waals surface area (Å²) in [6.07, 6.45) is 0. The molecule has 0 aliphatic rings. The maximum atomic E-state index is 14.0. The van der Waals surface area contributed by atoms with Crippen LogP contribution in [0.4, 0.5) is 4.39 Å². The lowest BCUT2D eigenvalue weighted by Gasteiger charge is -2.07. The molecule has 0 fully saturated rings. The zero-order chi connectivity index (χ0) is 14.1. The summed E-state index contributed by atoms with van der Waals surface area (Å²) in [4.78, 5) is 0. The van der Waals surface area contributed by atoms with Crippen LogP contribution >= 0.6 is 28.1 Å². The van der Waals surface area contributed by atoms with Crippen LogP contribution in [0.1, 0.15) is 0 Å². The zero-order valence-electron chi connectivity index (χ0n) is 10.2. The van der Waals surface area contributed by atoms with E-state index < -0.39 is 0 Å². The molecule has 0 aliphatic carbocycles. The molecule has 0 radical (unpaired) electrons. The van der Waals surface area contributed by atoms with Gasteiger partial charge in [0.05, 0.1) is 5.56 Å². The monoisotopic (exact) mass is 349 g/mol. The molecular weight excluding hydrogens is 341 g/mol. The van der Waals surface area contributed by atoms with Crippen molar-refractivity contribution in [2.75, 3.05) is 0 Å². The maximum Gasteiger partial charge on any atom is 0.200 e. The van der Waals surface area contributed by atoms with Gasteiger partial charge in [0.2, 0.25) is 0 Å². The second-order valence-corrected chi connectivity index (χ2v) is 5.45. The molecule has 3 aromatic rings. The van der Waals surface area contributed by atoms with Crippen LogP contribution in [-0.2, 0) is 0 Å². The van der Waals surface area contributed by atoms with Crippen molar-refractivity contribution in [1.29, 1.82) is 0 Å².